The fourth-order valence-corrected chi connectivity index (χ4v) is 1.96. The minimum atomic E-state index is -0.280. The van der Waals surface area contributed by atoms with E-state index < -0.39 is 0 Å². The summed E-state index contributed by atoms with van der Waals surface area (Å²) in [6.45, 7) is 7.00. The number of hydrogen-bond acceptors (Lipinski definition) is 3. The molecule has 0 bridgehead atoms. The standard InChI is InChI=1S/C15H26N2O/c1-4-8-13(14-9-6-7-10-16-14)17-11-15(18)12(3)5-2/h6-7,9-10,12-13,15,17-18H,4-5,8,11H2,1-3H3. The minimum Gasteiger partial charge on any atom is -0.392 e. The van der Waals surface area contributed by atoms with Crippen LogP contribution in [0.4, 0.5) is 0 Å². The molecule has 1 aromatic heterocycles. The zero-order chi connectivity index (χ0) is 13.4. The quantitative estimate of drug-likeness (QED) is 0.745. The number of pyridine rings is 1. The van der Waals surface area contributed by atoms with Gasteiger partial charge in [0.2, 0.25) is 0 Å². The molecule has 3 unspecified atom stereocenters. The number of nitrogens with zero attached hydrogens (tertiary/aromatic N) is 1. The van der Waals surface area contributed by atoms with Gasteiger partial charge in [0, 0.05) is 18.8 Å². The van der Waals surface area contributed by atoms with Crippen molar-refractivity contribution in [1.82, 2.24) is 10.3 Å². The van der Waals surface area contributed by atoms with Crippen LogP contribution in [0.15, 0.2) is 24.4 Å². The van der Waals surface area contributed by atoms with E-state index in [0.29, 0.717) is 12.5 Å². The van der Waals surface area contributed by atoms with Gasteiger partial charge in [-0.25, -0.2) is 0 Å². The summed E-state index contributed by atoms with van der Waals surface area (Å²) < 4.78 is 0. The molecule has 0 aromatic carbocycles. The van der Waals surface area contributed by atoms with Crippen LogP contribution in [-0.4, -0.2) is 22.7 Å². The first kappa shape index (κ1) is 15.1. The Morgan fingerprint density at radius 1 is 1.33 bits per heavy atom. The van der Waals surface area contributed by atoms with Crippen molar-refractivity contribution in [2.45, 2.75) is 52.2 Å². The van der Waals surface area contributed by atoms with Gasteiger partial charge in [-0.15, -0.1) is 0 Å². The molecule has 2 N–H and O–H groups in total. The summed E-state index contributed by atoms with van der Waals surface area (Å²) in [5, 5.41) is 13.4. The predicted molar refractivity (Wildman–Crippen MR) is 75.4 cm³/mol. The van der Waals surface area contributed by atoms with Gasteiger partial charge in [-0.2, -0.15) is 0 Å². The normalized spacial score (nSPS) is 16.2. The van der Waals surface area contributed by atoms with Gasteiger partial charge < -0.3 is 10.4 Å². The lowest BCUT2D eigenvalue weighted by Gasteiger charge is -2.22. The Labute approximate surface area is 111 Å². The summed E-state index contributed by atoms with van der Waals surface area (Å²) in [7, 11) is 0. The van der Waals surface area contributed by atoms with E-state index in [1.54, 1.807) is 0 Å². The lowest BCUT2D eigenvalue weighted by atomic mass is 10.0. The molecule has 3 atom stereocenters. The van der Waals surface area contributed by atoms with Crippen LogP contribution in [0.2, 0.25) is 0 Å². The highest BCUT2D eigenvalue weighted by Crippen LogP contribution is 2.16. The van der Waals surface area contributed by atoms with Crippen LogP contribution in [0.25, 0.3) is 0 Å². The SMILES string of the molecule is CCCC(NCC(O)C(C)CC)c1ccccn1. The summed E-state index contributed by atoms with van der Waals surface area (Å²) >= 11 is 0. The van der Waals surface area contributed by atoms with Crippen LogP contribution in [0, 0.1) is 5.92 Å². The van der Waals surface area contributed by atoms with Crippen LogP contribution >= 0.6 is 0 Å². The lowest BCUT2D eigenvalue weighted by molar-refractivity contribution is 0.109. The molecule has 0 aliphatic rings. The molecule has 0 spiro atoms. The van der Waals surface area contributed by atoms with Gasteiger partial charge in [0.1, 0.15) is 0 Å². The third-order valence-corrected chi connectivity index (χ3v) is 3.50. The van der Waals surface area contributed by atoms with E-state index in [2.05, 4.69) is 31.1 Å². The van der Waals surface area contributed by atoms with Gasteiger partial charge >= 0.3 is 0 Å². The van der Waals surface area contributed by atoms with Crippen LogP contribution in [0.5, 0.6) is 0 Å². The third kappa shape index (κ3) is 4.75. The zero-order valence-corrected chi connectivity index (χ0v) is 11.8. The minimum absolute atomic E-state index is 0.245. The molecule has 0 aliphatic carbocycles. The van der Waals surface area contributed by atoms with Gasteiger partial charge in [0.25, 0.3) is 0 Å². The molecule has 1 heterocycles. The van der Waals surface area contributed by atoms with E-state index in [4.69, 9.17) is 0 Å². The van der Waals surface area contributed by atoms with E-state index in [1.807, 2.05) is 24.4 Å². The molecule has 0 aliphatic heterocycles. The summed E-state index contributed by atoms with van der Waals surface area (Å²) in [6, 6.07) is 6.23. The van der Waals surface area contributed by atoms with Crippen molar-refractivity contribution in [1.29, 1.82) is 0 Å². The maximum atomic E-state index is 10.00. The fraction of sp³-hybridized carbons (Fsp3) is 0.667. The summed E-state index contributed by atoms with van der Waals surface area (Å²) in [6.07, 6.45) is 4.70. The second-order valence-electron chi connectivity index (χ2n) is 4.96. The van der Waals surface area contributed by atoms with E-state index in [1.165, 1.54) is 0 Å². The van der Waals surface area contributed by atoms with Crippen molar-refractivity contribution < 1.29 is 5.11 Å². The van der Waals surface area contributed by atoms with E-state index >= 15 is 0 Å². The Morgan fingerprint density at radius 3 is 2.67 bits per heavy atom. The smallest absolute Gasteiger partial charge is 0.0690 e. The number of nitrogens with one attached hydrogen (secondary N) is 1. The van der Waals surface area contributed by atoms with Crippen LogP contribution in [0.3, 0.4) is 0 Å². The number of aromatic nitrogens is 1. The highest BCUT2D eigenvalue weighted by molar-refractivity contribution is 5.08. The van der Waals surface area contributed by atoms with Gasteiger partial charge in [0.15, 0.2) is 0 Å². The first-order valence-electron chi connectivity index (χ1n) is 7.01. The van der Waals surface area contributed by atoms with Crippen molar-refractivity contribution in [2.75, 3.05) is 6.54 Å². The monoisotopic (exact) mass is 250 g/mol. The van der Waals surface area contributed by atoms with Crippen LogP contribution in [0.1, 0.15) is 51.8 Å². The van der Waals surface area contributed by atoms with E-state index in [-0.39, 0.29) is 12.1 Å². The Kier molecular flexibility index (Phi) is 6.91. The maximum Gasteiger partial charge on any atom is 0.0690 e. The Balaban J connectivity index is 2.54. The van der Waals surface area contributed by atoms with E-state index in [0.717, 1.165) is 25.0 Å². The Bertz CT molecular complexity index is 316. The van der Waals surface area contributed by atoms with E-state index in [9.17, 15) is 5.11 Å². The molecule has 1 aromatic rings. The lowest BCUT2D eigenvalue weighted by Crippen LogP contribution is -2.34. The summed E-state index contributed by atoms with van der Waals surface area (Å²) in [5.74, 6) is 0.337. The van der Waals surface area contributed by atoms with Gasteiger partial charge in [-0.3, -0.25) is 4.98 Å². The Hall–Kier alpha value is -0.930. The molecule has 1 rings (SSSR count). The summed E-state index contributed by atoms with van der Waals surface area (Å²) in [4.78, 5) is 4.40. The van der Waals surface area contributed by atoms with Gasteiger partial charge in [-0.05, 0) is 24.5 Å². The topological polar surface area (TPSA) is 45.1 Å². The van der Waals surface area contributed by atoms with Crippen molar-refractivity contribution in [3.8, 4) is 0 Å². The molecule has 102 valence electrons. The third-order valence-electron chi connectivity index (χ3n) is 3.50. The molecule has 0 saturated heterocycles. The van der Waals surface area contributed by atoms with Crippen molar-refractivity contribution >= 4 is 0 Å². The fourth-order valence-electron chi connectivity index (χ4n) is 1.96. The molecule has 0 amide bonds. The predicted octanol–water partition coefficient (Wildman–Crippen LogP) is 2.92. The summed E-state index contributed by atoms with van der Waals surface area (Å²) in [5.41, 5.74) is 1.07. The highest BCUT2D eigenvalue weighted by atomic mass is 16.3. The average Bonchev–Trinajstić information content (AvgIpc) is 2.43. The molecule has 0 fully saturated rings. The number of rotatable bonds is 8. The van der Waals surface area contributed by atoms with Crippen LogP contribution in [-0.2, 0) is 0 Å². The Morgan fingerprint density at radius 2 is 2.11 bits per heavy atom. The van der Waals surface area contributed by atoms with Crippen LogP contribution < -0.4 is 5.32 Å². The molecule has 3 heteroatoms. The second-order valence-corrected chi connectivity index (χ2v) is 4.96. The molecule has 3 nitrogen and oxygen atoms in total. The van der Waals surface area contributed by atoms with Gasteiger partial charge in [-0.1, -0.05) is 39.7 Å². The molecule has 0 saturated carbocycles. The maximum absolute atomic E-state index is 10.00. The second kappa shape index (κ2) is 8.22. The van der Waals surface area contributed by atoms with Crippen molar-refractivity contribution in [3.05, 3.63) is 30.1 Å². The largest absolute Gasteiger partial charge is 0.392 e. The van der Waals surface area contributed by atoms with Crippen molar-refractivity contribution in [2.24, 2.45) is 5.92 Å². The van der Waals surface area contributed by atoms with Crippen molar-refractivity contribution in [3.63, 3.8) is 0 Å². The number of hydrogen-bond donors (Lipinski definition) is 2. The number of aliphatic hydroxyl groups is 1. The zero-order valence-electron chi connectivity index (χ0n) is 11.8. The molecule has 18 heavy (non-hydrogen) atoms. The first-order chi connectivity index (χ1) is 8.69. The van der Waals surface area contributed by atoms with Gasteiger partial charge in [0.05, 0.1) is 11.8 Å². The first-order valence-corrected chi connectivity index (χ1v) is 7.01. The highest BCUT2D eigenvalue weighted by Gasteiger charge is 2.16. The average molecular weight is 250 g/mol. The number of aliphatic hydroxyl groups excluding tert-OH is 1. The molecular formula is C15H26N2O. The molecular weight excluding hydrogens is 224 g/mol. The molecule has 0 radical (unpaired) electrons.